The molecule has 0 radical (unpaired) electrons. The van der Waals surface area contributed by atoms with E-state index >= 15 is 0 Å². The molecule has 0 atom stereocenters. The van der Waals surface area contributed by atoms with E-state index in [-0.39, 0.29) is 5.75 Å². The molecule has 132 valence electrons. The van der Waals surface area contributed by atoms with Gasteiger partial charge < -0.3 is 5.11 Å². The van der Waals surface area contributed by atoms with Crippen LogP contribution in [0.1, 0.15) is 11.1 Å². The summed E-state index contributed by atoms with van der Waals surface area (Å²) in [6.07, 6.45) is 0. The summed E-state index contributed by atoms with van der Waals surface area (Å²) in [6.45, 7) is 0. The Balaban J connectivity index is 1.65. The highest BCUT2D eigenvalue weighted by Gasteiger charge is 2.08. The molecule has 1 nitrogen and oxygen atoms in total. The first-order chi connectivity index (χ1) is 13.8. The average molecular weight is 376 g/mol. The van der Waals surface area contributed by atoms with Gasteiger partial charge in [0.1, 0.15) is 5.75 Å². The van der Waals surface area contributed by atoms with Crippen LogP contribution in [0, 0.1) is 11.8 Å². The quantitative estimate of drug-likeness (QED) is 0.318. The molecule has 1 heterocycles. The van der Waals surface area contributed by atoms with Gasteiger partial charge in [0.25, 0.3) is 0 Å². The fourth-order valence-corrected chi connectivity index (χ4v) is 4.55. The van der Waals surface area contributed by atoms with Gasteiger partial charge in [-0.15, -0.1) is 11.3 Å². The van der Waals surface area contributed by atoms with Gasteiger partial charge in [0.2, 0.25) is 0 Å². The second-order valence-electron chi connectivity index (χ2n) is 6.62. The van der Waals surface area contributed by atoms with Gasteiger partial charge in [-0.3, -0.25) is 0 Å². The SMILES string of the molecule is Oc1ccc2ccccc2c1C#Cc1ccccc1-c1cc2ccccc2s1. The summed E-state index contributed by atoms with van der Waals surface area (Å²) in [4.78, 5) is 1.20. The molecule has 0 aliphatic rings. The van der Waals surface area contributed by atoms with Crippen LogP contribution in [-0.4, -0.2) is 5.11 Å². The predicted octanol–water partition coefficient (Wildman–Crippen LogP) is 6.83. The number of phenolic OH excluding ortho intramolecular Hbond substituents is 1. The first kappa shape index (κ1) is 16.6. The van der Waals surface area contributed by atoms with E-state index in [4.69, 9.17) is 0 Å². The Morgan fingerprint density at radius 2 is 1.43 bits per heavy atom. The third-order valence-corrected chi connectivity index (χ3v) is 6.00. The minimum absolute atomic E-state index is 0.213. The zero-order valence-corrected chi connectivity index (χ0v) is 15.8. The lowest BCUT2D eigenvalue weighted by Crippen LogP contribution is -1.84. The van der Waals surface area contributed by atoms with Crippen molar-refractivity contribution in [2.75, 3.05) is 0 Å². The molecule has 1 aromatic heterocycles. The summed E-state index contributed by atoms with van der Waals surface area (Å²) in [6, 6.07) is 30.4. The van der Waals surface area contributed by atoms with Gasteiger partial charge in [-0.25, -0.2) is 0 Å². The standard InChI is InChI=1S/C26H16OS/c27-24-16-14-18-7-1-4-10-21(18)23(24)15-13-19-8-2-5-11-22(19)26-17-20-9-3-6-12-25(20)28-26/h1-12,14,16-17,27H. The molecule has 0 spiro atoms. The third-order valence-electron chi connectivity index (χ3n) is 4.85. The van der Waals surface area contributed by atoms with Crippen molar-refractivity contribution in [1.29, 1.82) is 0 Å². The third kappa shape index (κ3) is 2.93. The Morgan fingerprint density at radius 3 is 2.32 bits per heavy atom. The maximum absolute atomic E-state index is 10.4. The molecule has 2 heteroatoms. The Kier molecular flexibility index (Phi) is 4.09. The first-order valence-corrected chi connectivity index (χ1v) is 9.92. The number of phenols is 1. The van der Waals surface area contributed by atoms with Crippen LogP contribution >= 0.6 is 11.3 Å². The normalized spacial score (nSPS) is 10.7. The predicted molar refractivity (Wildman–Crippen MR) is 119 cm³/mol. The number of thiophene rings is 1. The van der Waals surface area contributed by atoms with Crippen molar-refractivity contribution in [3.8, 4) is 28.0 Å². The van der Waals surface area contributed by atoms with Gasteiger partial charge in [0.05, 0.1) is 5.56 Å². The van der Waals surface area contributed by atoms with Crippen molar-refractivity contribution in [2.24, 2.45) is 0 Å². The lowest BCUT2D eigenvalue weighted by Gasteiger charge is -2.04. The van der Waals surface area contributed by atoms with E-state index in [0.29, 0.717) is 5.56 Å². The highest BCUT2D eigenvalue weighted by Crippen LogP contribution is 2.35. The van der Waals surface area contributed by atoms with Crippen molar-refractivity contribution in [2.45, 2.75) is 0 Å². The number of hydrogen-bond acceptors (Lipinski definition) is 2. The second-order valence-corrected chi connectivity index (χ2v) is 7.71. The average Bonchev–Trinajstić information content (AvgIpc) is 3.17. The van der Waals surface area contributed by atoms with Crippen LogP contribution in [0.2, 0.25) is 0 Å². The molecule has 0 aliphatic carbocycles. The minimum atomic E-state index is 0.213. The van der Waals surface area contributed by atoms with Gasteiger partial charge in [-0.1, -0.05) is 78.6 Å². The first-order valence-electron chi connectivity index (χ1n) is 9.10. The van der Waals surface area contributed by atoms with E-state index in [1.165, 1.54) is 15.0 Å². The minimum Gasteiger partial charge on any atom is -0.507 e. The Labute approximate surface area is 167 Å². The van der Waals surface area contributed by atoms with Gasteiger partial charge >= 0.3 is 0 Å². The summed E-state index contributed by atoms with van der Waals surface area (Å²) in [5, 5.41) is 13.7. The molecule has 5 aromatic rings. The van der Waals surface area contributed by atoms with E-state index in [9.17, 15) is 5.11 Å². The maximum Gasteiger partial charge on any atom is 0.131 e. The molecule has 0 bridgehead atoms. The molecule has 1 N–H and O–H groups in total. The van der Waals surface area contributed by atoms with Gasteiger partial charge in [-0.05, 0) is 35.0 Å². The van der Waals surface area contributed by atoms with Crippen LogP contribution in [0.25, 0.3) is 31.3 Å². The van der Waals surface area contributed by atoms with Crippen molar-refractivity contribution in [3.05, 3.63) is 102 Å². The number of hydrogen-bond donors (Lipinski definition) is 1. The molecule has 4 aromatic carbocycles. The van der Waals surface area contributed by atoms with Gasteiger partial charge in [-0.2, -0.15) is 0 Å². The summed E-state index contributed by atoms with van der Waals surface area (Å²) in [5.74, 6) is 6.74. The van der Waals surface area contributed by atoms with Crippen molar-refractivity contribution >= 4 is 32.2 Å². The lowest BCUT2D eigenvalue weighted by atomic mass is 10.0. The second kappa shape index (κ2) is 6.88. The van der Waals surface area contributed by atoms with Crippen molar-refractivity contribution in [1.82, 2.24) is 0 Å². The number of aromatic hydroxyl groups is 1. The molecule has 0 saturated heterocycles. The molecular formula is C26H16OS. The number of rotatable bonds is 1. The van der Waals surface area contributed by atoms with Crippen molar-refractivity contribution in [3.63, 3.8) is 0 Å². The largest absolute Gasteiger partial charge is 0.507 e. The number of benzene rings is 4. The zero-order chi connectivity index (χ0) is 18.9. The molecule has 0 fully saturated rings. The van der Waals surface area contributed by atoms with E-state index < -0.39 is 0 Å². The molecule has 5 rings (SSSR count). The fourth-order valence-electron chi connectivity index (χ4n) is 3.44. The summed E-state index contributed by atoms with van der Waals surface area (Å²) in [7, 11) is 0. The van der Waals surface area contributed by atoms with Crippen LogP contribution in [0.4, 0.5) is 0 Å². The van der Waals surface area contributed by atoms with E-state index in [1.54, 1.807) is 17.4 Å². The zero-order valence-electron chi connectivity index (χ0n) is 15.0. The Hall–Kier alpha value is -3.54. The van der Waals surface area contributed by atoms with E-state index in [1.807, 2.05) is 48.5 Å². The lowest BCUT2D eigenvalue weighted by molar-refractivity contribution is 0.474. The van der Waals surface area contributed by atoms with Crippen molar-refractivity contribution < 1.29 is 5.11 Å². The molecule has 0 aliphatic heterocycles. The van der Waals surface area contributed by atoms with Crippen LogP contribution < -0.4 is 0 Å². The van der Waals surface area contributed by atoms with Crippen LogP contribution in [0.3, 0.4) is 0 Å². The highest BCUT2D eigenvalue weighted by atomic mass is 32.1. The van der Waals surface area contributed by atoms with Crippen LogP contribution in [-0.2, 0) is 0 Å². The smallest absolute Gasteiger partial charge is 0.131 e. The number of fused-ring (bicyclic) bond motifs is 2. The fraction of sp³-hybridized carbons (Fsp3) is 0. The summed E-state index contributed by atoms with van der Waals surface area (Å²) < 4.78 is 1.27. The monoisotopic (exact) mass is 376 g/mol. The Bertz CT molecular complexity index is 1350. The van der Waals surface area contributed by atoms with E-state index in [0.717, 1.165) is 21.9 Å². The van der Waals surface area contributed by atoms with E-state index in [2.05, 4.69) is 48.2 Å². The Morgan fingerprint density at radius 1 is 0.679 bits per heavy atom. The molecular weight excluding hydrogens is 360 g/mol. The van der Waals surface area contributed by atoms with Crippen LogP contribution in [0.15, 0.2) is 91.0 Å². The van der Waals surface area contributed by atoms with Crippen LogP contribution in [0.5, 0.6) is 5.75 Å². The molecule has 0 amide bonds. The molecule has 28 heavy (non-hydrogen) atoms. The molecule has 0 unspecified atom stereocenters. The van der Waals surface area contributed by atoms with Gasteiger partial charge in [0.15, 0.2) is 0 Å². The summed E-state index contributed by atoms with van der Waals surface area (Å²) in [5.41, 5.74) is 2.75. The highest BCUT2D eigenvalue weighted by molar-refractivity contribution is 7.22. The maximum atomic E-state index is 10.4. The van der Waals surface area contributed by atoms with Gasteiger partial charge in [0, 0.05) is 26.1 Å². The summed E-state index contributed by atoms with van der Waals surface area (Å²) >= 11 is 1.77. The molecule has 0 saturated carbocycles. The topological polar surface area (TPSA) is 20.2 Å².